The van der Waals surface area contributed by atoms with E-state index < -0.39 is 47.4 Å². The van der Waals surface area contributed by atoms with Gasteiger partial charge in [-0.05, 0) is 13.3 Å². The van der Waals surface area contributed by atoms with E-state index in [1.807, 2.05) is 0 Å². The van der Waals surface area contributed by atoms with Crippen molar-refractivity contribution in [1.82, 2.24) is 0 Å². The second kappa shape index (κ2) is 5.54. The van der Waals surface area contributed by atoms with Crippen LogP contribution >= 0.6 is 0 Å². The molecule has 136 valence electrons. The summed E-state index contributed by atoms with van der Waals surface area (Å²) in [4.78, 5) is 11.9. The van der Waals surface area contributed by atoms with E-state index >= 15 is 0 Å². The van der Waals surface area contributed by atoms with Gasteiger partial charge in [-0.2, -0.15) is 22.0 Å². The van der Waals surface area contributed by atoms with E-state index in [2.05, 4.69) is 4.74 Å². The summed E-state index contributed by atoms with van der Waals surface area (Å²) < 4.78 is 77.2. The molecule has 1 aliphatic rings. The minimum absolute atomic E-state index is 0.265. The van der Waals surface area contributed by atoms with E-state index in [4.69, 9.17) is 4.74 Å². The van der Waals surface area contributed by atoms with Gasteiger partial charge in [0.25, 0.3) is 0 Å². The number of hydrogen-bond donors (Lipinski definition) is 1. The average molecular weight is 348 g/mol. The van der Waals surface area contributed by atoms with E-state index in [-0.39, 0.29) is 6.42 Å². The Hall–Kier alpha value is -0.960. The predicted octanol–water partition coefficient (Wildman–Crippen LogP) is 3.28. The van der Waals surface area contributed by atoms with E-state index in [9.17, 15) is 31.9 Å². The van der Waals surface area contributed by atoms with Crippen LogP contribution in [0.4, 0.5) is 22.0 Å². The zero-order chi connectivity index (χ0) is 18.5. The zero-order valence-electron chi connectivity index (χ0n) is 13.6. The number of ether oxygens (including phenoxy) is 2. The predicted molar refractivity (Wildman–Crippen MR) is 69.6 cm³/mol. The van der Waals surface area contributed by atoms with Crippen molar-refractivity contribution in [2.75, 3.05) is 6.61 Å². The molecule has 4 nitrogen and oxygen atoms in total. The van der Waals surface area contributed by atoms with Crippen LogP contribution in [0.25, 0.3) is 0 Å². The van der Waals surface area contributed by atoms with Gasteiger partial charge in [-0.1, -0.05) is 27.7 Å². The first-order chi connectivity index (χ1) is 10.1. The van der Waals surface area contributed by atoms with Crippen LogP contribution in [0.2, 0.25) is 0 Å². The van der Waals surface area contributed by atoms with E-state index in [1.54, 1.807) is 6.92 Å². The zero-order valence-corrected chi connectivity index (χ0v) is 13.6. The van der Waals surface area contributed by atoms with Crippen molar-refractivity contribution in [3.05, 3.63) is 0 Å². The Kier molecular flexibility index (Phi) is 4.84. The average Bonchev–Trinajstić information content (AvgIpc) is 2.40. The van der Waals surface area contributed by atoms with Crippen molar-refractivity contribution in [2.45, 2.75) is 64.5 Å². The fourth-order valence-corrected chi connectivity index (χ4v) is 2.19. The Morgan fingerprint density at radius 1 is 1.30 bits per heavy atom. The molecule has 1 saturated heterocycles. The maximum Gasteiger partial charge on any atom is 0.449 e. The smallest absolute Gasteiger partial charge is 0.449 e. The number of halogens is 5. The van der Waals surface area contributed by atoms with Gasteiger partial charge in [-0.15, -0.1) is 0 Å². The SMILES string of the molecule is CCC(C)C(=O)OC1(C)C(C)(C)COC(O)(C(F)(F)F)C1(F)F. The fraction of sp³-hybridized carbons (Fsp3) is 0.929. The van der Waals surface area contributed by atoms with Crippen molar-refractivity contribution >= 4 is 5.97 Å². The molecule has 0 aromatic carbocycles. The Labute approximate surface area is 130 Å². The Morgan fingerprint density at radius 3 is 2.17 bits per heavy atom. The second-order valence-corrected chi connectivity index (χ2v) is 6.65. The first-order valence-corrected chi connectivity index (χ1v) is 7.11. The third kappa shape index (κ3) is 2.71. The lowest BCUT2D eigenvalue weighted by atomic mass is 9.68. The summed E-state index contributed by atoms with van der Waals surface area (Å²) >= 11 is 0. The summed E-state index contributed by atoms with van der Waals surface area (Å²) in [5.41, 5.74) is -4.58. The standard InChI is InChI=1S/C14H21F5O4/c1-6-8(2)9(20)23-11(5)10(3,4)7-22-13(21,12(11,15)16)14(17,18)19/h8,21H,6-7H2,1-5H3. The molecule has 1 fully saturated rings. The number of esters is 1. The van der Waals surface area contributed by atoms with Gasteiger partial charge in [0.05, 0.1) is 12.5 Å². The topological polar surface area (TPSA) is 55.8 Å². The maximum atomic E-state index is 14.6. The van der Waals surface area contributed by atoms with Gasteiger partial charge >= 0.3 is 23.9 Å². The number of hydrogen-bond acceptors (Lipinski definition) is 4. The van der Waals surface area contributed by atoms with Crippen LogP contribution < -0.4 is 0 Å². The number of carbonyl (C=O) groups excluding carboxylic acids is 1. The van der Waals surface area contributed by atoms with Crippen LogP contribution in [-0.2, 0) is 14.3 Å². The summed E-state index contributed by atoms with van der Waals surface area (Å²) in [6.07, 6.45) is -5.50. The van der Waals surface area contributed by atoms with Crippen molar-refractivity contribution in [2.24, 2.45) is 11.3 Å². The van der Waals surface area contributed by atoms with Gasteiger partial charge in [0, 0.05) is 5.41 Å². The molecule has 1 N–H and O–H groups in total. The molecule has 0 spiro atoms. The Morgan fingerprint density at radius 2 is 1.78 bits per heavy atom. The minimum Gasteiger partial charge on any atom is -0.452 e. The largest absolute Gasteiger partial charge is 0.452 e. The van der Waals surface area contributed by atoms with Gasteiger partial charge in [0.2, 0.25) is 0 Å². The highest BCUT2D eigenvalue weighted by molar-refractivity contribution is 5.72. The van der Waals surface area contributed by atoms with E-state index in [0.29, 0.717) is 6.92 Å². The van der Waals surface area contributed by atoms with Crippen molar-refractivity contribution in [3.63, 3.8) is 0 Å². The van der Waals surface area contributed by atoms with Crippen molar-refractivity contribution in [1.29, 1.82) is 0 Å². The maximum absolute atomic E-state index is 14.6. The molecular weight excluding hydrogens is 327 g/mol. The normalized spacial score (nSPS) is 34.7. The van der Waals surface area contributed by atoms with Crippen LogP contribution in [0.3, 0.4) is 0 Å². The molecule has 1 aliphatic heterocycles. The lowest BCUT2D eigenvalue weighted by molar-refractivity contribution is -0.486. The van der Waals surface area contributed by atoms with Gasteiger partial charge in [0.1, 0.15) is 0 Å². The molecule has 0 amide bonds. The highest BCUT2D eigenvalue weighted by atomic mass is 19.4. The third-order valence-corrected chi connectivity index (χ3v) is 4.66. The first kappa shape index (κ1) is 20.1. The van der Waals surface area contributed by atoms with Crippen LogP contribution in [0.1, 0.15) is 41.0 Å². The monoisotopic (exact) mass is 348 g/mol. The summed E-state index contributed by atoms with van der Waals surface area (Å²) in [6, 6.07) is 0. The molecule has 0 saturated carbocycles. The molecule has 9 heteroatoms. The summed E-state index contributed by atoms with van der Waals surface area (Å²) in [7, 11) is 0. The fourth-order valence-electron chi connectivity index (χ4n) is 2.19. The quantitative estimate of drug-likeness (QED) is 0.628. The third-order valence-electron chi connectivity index (χ3n) is 4.66. The van der Waals surface area contributed by atoms with E-state index in [0.717, 1.165) is 0 Å². The van der Waals surface area contributed by atoms with Gasteiger partial charge < -0.3 is 14.6 Å². The second-order valence-electron chi connectivity index (χ2n) is 6.65. The molecular formula is C14H21F5O4. The number of alkyl halides is 5. The molecule has 3 atom stereocenters. The van der Waals surface area contributed by atoms with Gasteiger partial charge in [0.15, 0.2) is 5.60 Å². The lowest BCUT2D eigenvalue weighted by Crippen LogP contribution is -2.77. The molecule has 0 aromatic heterocycles. The van der Waals surface area contributed by atoms with Gasteiger partial charge in [-0.25, -0.2) is 0 Å². The first-order valence-electron chi connectivity index (χ1n) is 7.11. The highest BCUT2D eigenvalue weighted by Gasteiger charge is 2.83. The van der Waals surface area contributed by atoms with Crippen LogP contribution in [0, 0.1) is 11.3 Å². The molecule has 0 aliphatic carbocycles. The summed E-state index contributed by atoms with van der Waals surface area (Å²) in [6.45, 7) is 5.19. The lowest BCUT2D eigenvalue weighted by Gasteiger charge is -2.56. The molecule has 1 rings (SSSR count). The minimum atomic E-state index is -5.77. The van der Waals surface area contributed by atoms with Crippen molar-refractivity contribution in [3.8, 4) is 0 Å². The number of carbonyl (C=O) groups is 1. The molecule has 0 bridgehead atoms. The van der Waals surface area contributed by atoms with E-state index in [1.165, 1.54) is 20.8 Å². The molecule has 23 heavy (non-hydrogen) atoms. The van der Waals surface area contributed by atoms with Crippen LogP contribution in [0.5, 0.6) is 0 Å². The highest BCUT2D eigenvalue weighted by Crippen LogP contribution is 2.59. The number of rotatable bonds is 3. The Bertz CT molecular complexity index is 476. The van der Waals surface area contributed by atoms with Crippen molar-refractivity contribution < 1.29 is 41.3 Å². The van der Waals surface area contributed by atoms with Crippen LogP contribution in [0.15, 0.2) is 0 Å². The Balaban J connectivity index is 3.42. The molecule has 0 aromatic rings. The molecule has 1 heterocycles. The number of aliphatic hydroxyl groups is 1. The van der Waals surface area contributed by atoms with Gasteiger partial charge in [-0.3, -0.25) is 4.79 Å². The van der Waals surface area contributed by atoms with Crippen LogP contribution in [-0.4, -0.2) is 41.2 Å². The molecule has 3 unspecified atom stereocenters. The molecule has 0 radical (unpaired) electrons. The summed E-state index contributed by atoms with van der Waals surface area (Å²) in [5, 5.41) is 9.52. The summed E-state index contributed by atoms with van der Waals surface area (Å²) in [5.74, 6) is -11.5.